The van der Waals surface area contributed by atoms with Crippen LogP contribution < -0.4 is 10.6 Å². The molecule has 1 aliphatic heterocycles. The molecule has 0 bridgehead atoms. The van der Waals surface area contributed by atoms with Crippen molar-refractivity contribution >= 4 is 11.4 Å². The van der Waals surface area contributed by atoms with E-state index in [2.05, 4.69) is 17.9 Å². The first-order valence-electron chi connectivity index (χ1n) is 6.28. The van der Waals surface area contributed by atoms with E-state index in [1.165, 1.54) is 25.7 Å². The Balaban J connectivity index is 2.34. The van der Waals surface area contributed by atoms with Gasteiger partial charge in [-0.3, -0.25) is 0 Å². The highest BCUT2D eigenvalue weighted by Crippen LogP contribution is 2.29. The zero-order chi connectivity index (χ0) is 12.3. The van der Waals surface area contributed by atoms with Gasteiger partial charge in [-0.25, -0.2) is 0 Å². The summed E-state index contributed by atoms with van der Waals surface area (Å²) in [6.45, 7) is 3.28. The highest BCUT2D eigenvalue weighted by Gasteiger charge is 2.19. The second kappa shape index (κ2) is 5.09. The molecule has 1 fully saturated rings. The molecule has 1 atom stereocenters. The average molecular weight is 229 g/mol. The molecule has 0 aromatic heterocycles. The Kier molecular flexibility index (Phi) is 3.53. The van der Waals surface area contributed by atoms with Crippen LogP contribution in [-0.2, 0) is 0 Å². The van der Waals surface area contributed by atoms with E-state index in [9.17, 15) is 0 Å². The van der Waals surface area contributed by atoms with Crippen LogP contribution in [0.3, 0.4) is 0 Å². The molecule has 90 valence electrons. The standard InChI is InChI=1S/C14H19N3/c1-11-5-3-2-4-8-17(11)14-9-12(10-15)6-7-13(14)16/h6-7,9,11H,2-5,8,16H2,1H3. The summed E-state index contributed by atoms with van der Waals surface area (Å²) < 4.78 is 0. The largest absolute Gasteiger partial charge is 0.397 e. The van der Waals surface area contributed by atoms with Crippen LogP contribution in [0, 0.1) is 11.3 Å². The SMILES string of the molecule is CC1CCCCCN1c1cc(C#N)ccc1N. The number of nitrogens with zero attached hydrogens (tertiary/aromatic N) is 2. The summed E-state index contributed by atoms with van der Waals surface area (Å²) in [5, 5.41) is 8.96. The first-order valence-corrected chi connectivity index (χ1v) is 6.28. The van der Waals surface area contributed by atoms with Crippen molar-refractivity contribution in [3.8, 4) is 6.07 Å². The van der Waals surface area contributed by atoms with E-state index in [-0.39, 0.29) is 0 Å². The van der Waals surface area contributed by atoms with E-state index >= 15 is 0 Å². The first-order chi connectivity index (χ1) is 8.22. The van der Waals surface area contributed by atoms with Crippen molar-refractivity contribution < 1.29 is 0 Å². The molecule has 1 aromatic rings. The molecule has 17 heavy (non-hydrogen) atoms. The maximum Gasteiger partial charge on any atom is 0.0992 e. The molecule has 0 amide bonds. The van der Waals surface area contributed by atoms with Crippen LogP contribution in [0.15, 0.2) is 18.2 Å². The lowest BCUT2D eigenvalue weighted by Crippen LogP contribution is -2.33. The van der Waals surface area contributed by atoms with Gasteiger partial charge >= 0.3 is 0 Å². The van der Waals surface area contributed by atoms with Crippen LogP contribution in [0.1, 0.15) is 38.2 Å². The molecule has 0 radical (unpaired) electrons. The molecular weight excluding hydrogens is 210 g/mol. The first kappa shape index (κ1) is 11.8. The number of benzene rings is 1. The smallest absolute Gasteiger partial charge is 0.0992 e. The maximum atomic E-state index is 8.96. The van der Waals surface area contributed by atoms with Crippen LogP contribution in [0.5, 0.6) is 0 Å². The van der Waals surface area contributed by atoms with Gasteiger partial charge in [0.1, 0.15) is 0 Å². The average Bonchev–Trinajstić information content (AvgIpc) is 2.55. The summed E-state index contributed by atoms with van der Waals surface area (Å²) in [6.07, 6.45) is 4.99. The molecule has 0 spiro atoms. The van der Waals surface area contributed by atoms with E-state index in [1.807, 2.05) is 12.1 Å². The molecule has 1 saturated heterocycles. The minimum atomic E-state index is 0.508. The molecule has 0 saturated carbocycles. The number of rotatable bonds is 1. The van der Waals surface area contributed by atoms with Crippen LogP contribution in [0.25, 0.3) is 0 Å². The number of nitrogens with two attached hydrogens (primary N) is 1. The molecular formula is C14H19N3. The summed E-state index contributed by atoms with van der Waals surface area (Å²) in [5.41, 5.74) is 8.52. The highest BCUT2D eigenvalue weighted by molar-refractivity contribution is 5.70. The van der Waals surface area contributed by atoms with Gasteiger partial charge in [0.15, 0.2) is 0 Å². The zero-order valence-corrected chi connectivity index (χ0v) is 10.3. The summed E-state index contributed by atoms with van der Waals surface area (Å²) in [4.78, 5) is 2.35. The molecule has 2 rings (SSSR count). The number of nitriles is 1. The molecule has 1 aliphatic rings. The summed E-state index contributed by atoms with van der Waals surface area (Å²) >= 11 is 0. The highest BCUT2D eigenvalue weighted by atomic mass is 15.2. The Bertz CT molecular complexity index is 434. The van der Waals surface area contributed by atoms with E-state index in [0.717, 1.165) is 17.9 Å². The summed E-state index contributed by atoms with van der Waals surface area (Å²) in [7, 11) is 0. The molecule has 1 unspecified atom stereocenters. The fourth-order valence-electron chi connectivity index (χ4n) is 2.49. The lowest BCUT2D eigenvalue weighted by Gasteiger charge is -2.30. The van der Waals surface area contributed by atoms with E-state index in [0.29, 0.717) is 11.6 Å². The second-order valence-corrected chi connectivity index (χ2v) is 4.78. The Morgan fingerprint density at radius 2 is 2.18 bits per heavy atom. The topological polar surface area (TPSA) is 53.0 Å². The Labute approximate surface area is 103 Å². The molecule has 3 heteroatoms. The van der Waals surface area contributed by atoms with Crippen molar-refractivity contribution in [3.63, 3.8) is 0 Å². The van der Waals surface area contributed by atoms with Crippen molar-refractivity contribution in [2.75, 3.05) is 17.2 Å². The molecule has 3 nitrogen and oxygen atoms in total. The molecule has 1 heterocycles. The van der Waals surface area contributed by atoms with Gasteiger partial charge in [-0.15, -0.1) is 0 Å². The minimum Gasteiger partial charge on any atom is -0.397 e. The van der Waals surface area contributed by atoms with Gasteiger partial charge in [0, 0.05) is 12.6 Å². The van der Waals surface area contributed by atoms with Crippen LogP contribution >= 0.6 is 0 Å². The Morgan fingerprint density at radius 3 is 2.94 bits per heavy atom. The van der Waals surface area contributed by atoms with Gasteiger partial charge in [0.05, 0.1) is 23.0 Å². The zero-order valence-electron chi connectivity index (χ0n) is 10.3. The number of hydrogen-bond donors (Lipinski definition) is 1. The van der Waals surface area contributed by atoms with Gasteiger partial charge in [0.2, 0.25) is 0 Å². The van der Waals surface area contributed by atoms with Crippen LogP contribution in [0.2, 0.25) is 0 Å². The van der Waals surface area contributed by atoms with Gasteiger partial charge in [-0.2, -0.15) is 5.26 Å². The second-order valence-electron chi connectivity index (χ2n) is 4.78. The summed E-state index contributed by atoms with van der Waals surface area (Å²) in [5.74, 6) is 0. The molecule has 0 aliphatic carbocycles. The molecule has 1 aromatic carbocycles. The van der Waals surface area contributed by atoms with Crippen molar-refractivity contribution in [1.29, 1.82) is 5.26 Å². The third-order valence-electron chi connectivity index (χ3n) is 3.52. The normalized spacial score (nSPS) is 20.7. The fourth-order valence-corrected chi connectivity index (χ4v) is 2.49. The van der Waals surface area contributed by atoms with E-state index in [4.69, 9.17) is 11.0 Å². The van der Waals surface area contributed by atoms with Crippen molar-refractivity contribution in [1.82, 2.24) is 0 Å². The third-order valence-corrected chi connectivity index (χ3v) is 3.52. The molecule has 2 N–H and O–H groups in total. The lowest BCUT2D eigenvalue weighted by atomic mass is 10.1. The number of anilines is 2. The monoisotopic (exact) mass is 229 g/mol. The summed E-state index contributed by atoms with van der Waals surface area (Å²) in [6, 6.07) is 8.22. The lowest BCUT2D eigenvalue weighted by molar-refractivity contribution is 0.616. The van der Waals surface area contributed by atoms with Crippen molar-refractivity contribution in [3.05, 3.63) is 23.8 Å². The van der Waals surface area contributed by atoms with Gasteiger partial charge < -0.3 is 10.6 Å². The number of hydrogen-bond acceptors (Lipinski definition) is 3. The Morgan fingerprint density at radius 1 is 1.35 bits per heavy atom. The predicted octanol–water partition coefficient (Wildman–Crippen LogP) is 2.91. The third kappa shape index (κ3) is 2.52. The fraction of sp³-hybridized carbons (Fsp3) is 0.500. The van der Waals surface area contributed by atoms with Crippen molar-refractivity contribution in [2.45, 2.75) is 38.6 Å². The quantitative estimate of drug-likeness (QED) is 0.753. The maximum absolute atomic E-state index is 8.96. The van der Waals surface area contributed by atoms with Gasteiger partial charge in [0.25, 0.3) is 0 Å². The van der Waals surface area contributed by atoms with E-state index in [1.54, 1.807) is 6.07 Å². The minimum absolute atomic E-state index is 0.508. The van der Waals surface area contributed by atoms with Crippen molar-refractivity contribution in [2.24, 2.45) is 0 Å². The van der Waals surface area contributed by atoms with Crippen LogP contribution in [0.4, 0.5) is 11.4 Å². The predicted molar refractivity (Wildman–Crippen MR) is 70.8 cm³/mol. The van der Waals surface area contributed by atoms with Gasteiger partial charge in [-0.05, 0) is 38.0 Å². The number of nitrogen functional groups attached to an aromatic ring is 1. The Hall–Kier alpha value is -1.69. The van der Waals surface area contributed by atoms with Gasteiger partial charge in [-0.1, -0.05) is 12.8 Å². The van der Waals surface area contributed by atoms with E-state index < -0.39 is 0 Å². The van der Waals surface area contributed by atoms with Crippen LogP contribution in [-0.4, -0.2) is 12.6 Å².